The molecule has 3 aromatic rings. The average molecular weight is 268 g/mol. The van der Waals surface area contributed by atoms with Crippen LogP contribution in [0.2, 0.25) is 0 Å². The maximum atomic E-state index is 5.82. The van der Waals surface area contributed by atoms with Crippen molar-refractivity contribution in [2.75, 3.05) is 11.1 Å². The summed E-state index contributed by atoms with van der Waals surface area (Å²) < 4.78 is 4.75. The number of nitrogens with zero attached hydrogens (tertiary/aromatic N) is 2. The molecule has 0 fully saturated rings. The number of nitrogens with one attached hydrogen (secondary N) is 1. The van der Waals surface area contributed by atoms with Gasteiger partial charge < -0.3 is 11.1 Å². The van der Waals surface area contributed by atoms with E-state index in [1.165, 1.54) is 11.1 Å². The Morgan fingerprint density at radius 3 is 2.45 bits per heavy atom. The second kappa shape index (κ2) is 5.21. The van der Waals surface area contributed by atoms with E-state index in [9.17, 15) is 0 Å². The number of aryl methyl sites for hydroxylation is 1. The van der Waals surface area contributed by atoms with Gasteiger partial charge >= 0.3 is 0 Å². The van der Waals surface area contributed by atoms with E-state index in [2.05, 4.69) is 46.8 Å². The Morgan fingerprint density at radius 1 is 1.00 bits per heavy atom. The second-order valence-corrected chi connectivity index (χ2v) is 4.69. The quantitative estimate of drug-likeness (QED) is 0.711. The summed E-state index contributed by atoms with van der Waals surface area (Å²) >= 11 is 0. The van der Waals surface area contributed by atoms with E-state index >= 15 is 0 Å². The van der Waals surface area contributed by atoms with Crippen molar-refractivity contribution in [2.45, 2.75) is 19.9 Å². The van der Waals surface area contributed by atoms with Crippen LogP contribution in [0.5, 0.6) is 0 Å². The predicted molar refractivity (Wildman–Crippen MR) is 79.4 cm³/mol. The molecule has 0 saturated heterocycles. The van der Waals surface area contributed by atoms with Gasteiger partial charge in [0.25, 0.3) is 0 Å². The molecule has 2 aromatic carbocycles. The summed E-state index contributed by atoms with van der Waals surface area (Å²) in [6.07, 6.45) is 1.05. The monoisotopic (exact) mass is 268 g/mol. The molecule has 5 nitrogen and oxygen atoms in total. The van der Waals surface area contributed by atoms with Crippen molar-refractivity contribution in [3.8, 4) is 0 Å². The van der Waals surface area contributed by atoms with Crippen molar-refractivity contribution >= 4 is 22.4 Å². The van der Waals surface area contributed by atoms with E-state index in [4.69, 9.17) is 10.4 Å². The third-order valence-electron chi connectivity index (χ3n) is 3.36. The summed E-state index contributed by atoms with van der Waals surface area (Å²) in [5.74, 6) is 0. The standard InChI is InChI=1S/C15H16N4O/c1-2-10-3-5-11(6-4-10)9-17-13-8-7-12(16)14-15(13)19-20-18-14/h3-8,17H,2,9,16H2,1H3. The fraction of sp³-hybridized carbons (Fsp3) is 0.200. The molecule has 0 radical (unpaired) electrons. The van der Waals surface area contributed by atoms with Crippen LogP contribution in [-0.2, 0) is 13.0 Å². The zero-order valence-corrected chi connectivity index (χ0v) is 11.3. The molecule has 0 amide bonds. The van der Waals surface area contributed by atoms with Crippen molar-refractivity contribution in [3.05, 3.63) is 47.5 Å². The predicted octanol–water partition coefficient (Wildman–Crippen LogP) is 2.98. The van der Waals surface area contributed by atoms with E-state index in [1.807, 2.05) is 6.07 Å². The highest BCUT2D eigenvalue weighted by atomic mass is 16.6. The minimum absolute atomic E-state index is 0.569. The average Bonchev–Trinajstić information content (AvgIpc) is 2.98. The first-order chi connectivity index (χ1) is 9.78. The lowest BCUT2D eigenvalue weighted by Crippen LogP contribution is -2.01. The molecule has 0 unspecified atom stereocenters. The van der Waals surface area contributed by atoms with Gasteiger partial charge in [0.15, 0.2) is 11.0 Å². The lowest BCUT2D eigenvalue weighted by molar-refractivity contribution is 0.316. The number of fused-ring (bicyclic) bond motifs is 1. The zero-order chi connectivity index (χ0) is 13.9. The van der Waals surface area contributed by atoms with Gasteiger partial charge in [-0.15, -0.1) is 0 Å². The molecule has 20 heavy (non-hydrogen) atoms. The zero-order valence-electron chi connectivity index (χ0n) is 11.3. The Bertz CT molecular complexity index is 718. The Morgan fingerprint density at radius 2 is 1.70 bits per heavy atom. The number of anilines is 2. The van der Waals surface area contributed by atoms with Crippen molar-refractivity contribution in [2.24, 2.45) is 0 Å². The third-order valence-corrected chi connectivity index (χ3v) is 3.36. The van der Waals surface area contributed by atoms with E-state index in [-0.39, 0.29) is 0 Å². The van der Waals surface area contributed by atoms with Gasteiger partial charge in [0.2, 0.25) is 0 Å². The highest BCUT2D eigenvalue weighted by molar-refractivity contribution is 5.94. The molecule has 0 aliphatic heterocycles. The number of rotatable bonds is 4. The smallest absolute Gasteiger partial charge is 0.160 e. The maximum Gasteiger partial charge on any atom is 0.160 e. The number of hydrogen-bond acceptors (Lipinski definition) is 5. The Kier molecular flexibility index (Phi) is 3.25. The molecule has 1 heterocycles. The normalized spacial score (nSPS) is 10.8. The summed E-state index contributed by atoms with van der Waals surface area (Å²) in [6, 6.07) is 12.2. The Labute approximate surface area is 116 Å². The number of hydrogen-bond donors (Lipinski definition) is 2. The topological polar surface area (TPSA) is 77.0 Å². The summed E-state index contributed by atoms with van der Waals surface area (Å²) in [6.45, 7) is 2.87. The molecule has 3 N–H and O–H groups in total. The van der Waals surface area contributed by atoms with Gasteiger partial charge in [-0.1, -0.05) is 31.2 Å². The van der Waals surface area contributed by atoms with Crippen LogP contribution in [0, 0.1) is 0 Å². The lowest BCUT2D eigenvalue weighted by atomic mass is 10.1. The van der Waals surface area contributed by atoms with Crippen LogP contribution in [0.4, 0.5) is 11.4 Å². The van der Waals surface area contributed by atoms with Gasteiger partial charge in [0, 0.05) is 6.54 Å². The molecule has 0 atom stereocenters. The summed E-state index contributed by atoms with van der Waals surface area (Å²) in [7, 11) is 0. The van der Waals surface area contributed by atoms with Crippen molar-refractivity contribution in [1.82, 2.24) is 10.3 Å². The molecule has 5 heteroatoms. The maximum absolute atomic E-state index is 5.82. The van der Waals surface area contributed by atoms with E-state index in [1.54, 1.807) is 6.07 Å². The lowest BCUT2D eigenvalue weighted by Gasteiger charge is -2.07. The van der Waals surface area contributed by atoms with E-state index in [0.717, 1.165) is 18.7 Å². The minimum atomic E-state index is 0.569. The van der Waals surface area contributed by atoms with Gasteiger partial charge in [-0.25, -0.2) is 4.63 Å². The van der Waals surface area contributed by atoms with E-state index in [0.29, 0.717) is 16.7 Å². The molecule has 0 saturated carbocycles. The minimum Gasteiger partial charge on any atom is -0.397 e. The molecule has 3 rings (SSSR count). The molecular weight excluding hydrogens is 252 g/mol. The molecule has 0 bridgehead atoms. The van der Waals surface area contributed by atoms with Crippen LogP contribution in [0.1, 0.15) is 18.1 Å². The summed E-state index contributed by atoms with van der Waals surface area (Å²) in [5, 5.41) is 11.0. The van der Waals surface area contributed by atoms with Crippen molar-refractivity contribution < 1.29 is 4.63 Å². The number of benzene rings is 2. The van der Waals surface area contributed by atoms with Gasteiger partial charge in [0.1, 0.15) is 0 Å². The van der Waals surface area contributed by atoms with Crippen LogP contribution in [-0.4, -0.2) is 10.3 Å². The SMILES string of the molecule is CCc1ccc(CNc2ccc(N)c3nonc23)cc1. The van der Waals surface area contributed by atoms with Crippen LogP contribution in [0.3, 0.4) is 0 Å². The first-order valence-electron chi connectivity index (χ1n) is 6.60. The van der Waals surface area contributed by atoms with E-state index < -0.39 is 0 Å². The van der Waals surface area contributed by atoms with Crippen molar-refractivity contribution in [3.63, 3.8) is 0 Å². The molecule has 0 spiro atoms. The molecule has 0 aliphatic rings. The first-order valence-corrected chi connectivity index (χ1v) is 6.60. The highest BCUT2D eigenvalue weighted by Gasteiger charge is 2.09. The fourth-order valence-corrected chi connectivity index (χ4v) is 2.12. The molecular formula is C15H16N4O. The molecule has 0 aliphatic carbocycles. The van der Waals surface area contributed by atoms with Gasteiger partial charge in [-0.05, 0) is 40.0 Å². The summed E-state index contributed by atoms with van der Waals surface area (Å²) in [4.78, 5) is 0. The van der Waals surface area contributed by atoms with Crippen LogP contribution in [0.15, 0.2) is 41.0 Å². The third kappa shape index (κ3) is 2.30. The Balaban J connectivity index is 1.79. The first kappa shape index (κ1) is 12.5. The largest absolute Gasteiger partial charge is 0.397 e. The Hall–Kier alpha value is -2.56. The van der Waals surface area contributed by atoms with Gasteiger partial charge in [-0.3, -0.25) is 0 Å². The van der Waals surface area contributed by atoms with Gasteiger partial charge in [-0.2, -0.15) is 0 Å². The van der Waals surface area contributed by atoms with Gasteiger partial charge in [0.05, 0.1) is 11.4 Å². The fourth-order valence-electron chi connectivity index (χ4n) is 2.12. The van der Waals surface area contributed by atoms with Crippen molar-refractivity contribution in [1.29, 1.82) is 0 Å². The van der Waals surface area contributed by atoms with Crippen LogP contribution < -0.4 is 11.1 Å². The second-order valence-electron chi connectivity index (χ2n) is 4.69. The number of aromatic nitrogens is 2. The van der Waals surface area contributed by atoms with Crippen LogP contribution in [0.25, 0.3) is 11.0 Å². The van der Waals surface area contributed by atoms with Crippen LogP contribution >= 0.6 is 0 Å². The highest BCUT2D eigenvalue weighted by Crippen LogP contribution is 2.25. The summed E-state index contributed by atoms with van der Waals surface area (Å²) in [5.41, 5.74) is 11.1. The number of nitrogen functional groups attached to an aromatic ring is 1. The molecule has 1 aromatic heterocycles. The number of nitrogens with two attached hydrogens (primary N) is 1. The molecule has 102 valence electrons.